The first-order chi connectivity index (χ1) is 15.7. The fourth-order valence-corrected chi connectivity index (χ4v) is 5.53. The van der Waals surface area contributed by atoms with Crippen LogP contribution >= 0.6 is 11.3 Å². The van der Waals surface area contributed by atoms with Gasteiger partial charge in [-0.3, -0.25) is 9.59 Å². The van der Waals surface area contributed by atoms with E-state index in [4.69, 9.17) is 0 Å². The Balaban J connectivity index is 1.49. The number of carbonyl (C=O) groups excluding carboxylic acids is 2. The summed E-state index contributed by atoms with van der Waals surface area (Å²) in [6.07, 6.45) is 0.854. The SMILES string of the molecule is O=C1C(c2cccs2)=C(N2CCc3ccccc3C2)C(=O)N1c1cccc2ccccc12. The molecule has 0 aliphatic carbocycles. The highest BCUT2D eigenvalue weighted by Crippen LogP contribution is 2.40. The van der Waals surface area contributed by atoms with Gasteiger partial charge >= 0.3 is 0 Å². The van der Waals surface area contributed by atoms with Crippen molar-refractivity contribution in [3.05, 3.63) is 106 Å². The Labute approximate surface area is 190 Å². The molecule has 6 rings (SSSR count). The van der Waals surface area contributed by atoms with Gasteiger partial charge in [-0.2, -0.15) is 0 Å². The summed E-state index contributed by atoms with van der Waals surface area (Å²) in [6, 6.07) is 25.8. The first-order valence-corrected chi connectivity index (χ1v) is 11.6. The lowest BCUT2D eigenvalue weighted by molar-refractivity contribution is -0.120. The van der Waals surface area contributed by atoms with Gasteiger partial charge in [0, 0.05) is 23.4 Å². The molecule has 1 aromatic heterocycles. The van der Waals surface area contributed by atoms with Crippen molar-refractivity contribution in [1.82, 2.24) is 4.90 Å². The Kier molecular flexibility index (Phi) is 4.44. The van der Waals surface area contributed by atoms with E-state index in [-0.39, 0.29) is 11.8 Å². The maximum atomic E-state index is 13.9. The first-order valence-electron chi connectivity index (χ1n) is 10.7. The van der Waals surface area contributed by atoms with Gasteiger partial charge in [0.05, 0.1) is 11.3 Å². The van der Waals surface area contributed by atoms with Gasteiger partial charge in [-0.05, 0) is 40.4 Å². The molecule has 4 nitrogen and oxygen atoms in total. The molecular formula is C27H20N2O2S. The Morgan fingerprint density at radius 1 is 0.750 bits per heavy atom. The van der Waals surface area contributed by atoms with Gasteiger partial charge in [-0.1, -0.05) is 66.7 Å². The molecule has 0 radical (unpaired) electrons. The zero-order valence-corrected chi connectivity index (χ0v) is 18.1. The summed E-state index contributed by atoms with van der Waals surface area (Å²) in [6.45, 7) is 1.34. The normalized spacial score (nSPS) is 16.2. The van der Waals surface area contributed by atoms with Crippen molar-refractivity contribution in [3.8, 4) is 0 Å². The summed E-state index contributed by atoms with van der Waals surface area (Å²) >= 11 is 1.50. The van der Waals surface area contributed by atoms with Gasteiger partial charge in [0.2, 0.25) is 0 Å². The van der Waals surface area contributed by atoms with Gasteiger partial charge < -0.3 is 4.90 Å². The van der Waals surface area contributed by atoms with Crippen molar-refractivity contribution in [2.75, 3.05) is 11.4 Å². The molecule has 2 aliphatic heterocycles. The van der Waals surface area contributed by atoms with E-state index < -0.39 is 0 Å². The molecule has 4 aromatic rings. The molecule has 0 bridgehead atoms. The molecule has 32 heavy (non-hydrogen) atoms. The number of hydrogen-bond donors (Lipinski definition) is 0. The monoisotopic (exact) mass is 436 g/mol. The number of amides is 2. The maximum absolute atomic E-state index is 13.9. The van der Waals surface area contributed by atoms with Gasteiger partial charge in [0.1, 0.15) is 5.70 Å². The quantitative estimate of drug-likeness (QED) is 0.412. The zero-order valence-electron chi connectivity index (χ0n) is 17.3. The van der Waals surface area contributed by atoms with Crippen LogP contribution in [0.25, 0.3) is 16.3 Å². The average molecular weight is 437 g/mol. The van der Waals surface area contributed by atoms with Gasteiger partial charge in [0.25, 0.3) is 11.8 Å². The van der Waals surface area contributed by atoms with Crippen LogP contribution in [0.3, 0.4) is 0 Å². The van der Waals surface area contributed by atoms with E-state index in [9.17, 15) is 9.59 Å². The minimum atomic E-state index is -0.248. The van der Waals surface area contributed by atoms with Crippen molar-refractivity contribution < 1.29 is 9.59 Å². The second kappa shape index (κ2) is 7.46. The highest BCUT2D eigenvalue weighted by atomic mass is 32.1. The molecule has 0 N–H and O–H groups in total. The van der Waals surface area contributed by atoms with Crippen LogP contribution in [0.1, 0.15) is 16.0 Å². The number of rotatable bonds is 3. The molecular weight excluding hydrogens is 416 g/mol. The highest BCUT2D eigenvalue weighted by molar-refractivity contribution is 7.11. The van der Waals surface area contributed by atoms with Crippen molar-refractivity contribution >= 4 is 45.2 Å². The molecule has 156 valence electrons. The second-order valence-corrected chi connectivity index (χ2v) is 9.03. The number of fused-ring (bicyclic) bond motifs is 2. The Hall–Kier alpha value is -3.70. The number of imide groups is 1. The van der Waals surface area contributed by atoms with Crippen LogP contribution in [-0.4, -0.2) is 23.3 Å². The van der Waals surface area contributed by atoms with Crippen LogP contribution in [0.2, 0.25) is 0 Å². The number of hydrogen-bond acceptors (Lipinski definition) is 4. The van der Waals surface area contributed by atoms with E-state index in [1.54, 1.807) is 0 Å². The summed E-state index contributed by atoms with van der Waals surface area (Å²) in [7, 11) is 0. The van der Waals surface area contributed by atoms with Crippen molar-refractivity contribution in [2.45, 2.75) is 13.0 Å². The number of nitrogens with zero attached hydrogens (tertiary/aromatic N) is 2. The maximum Gasteiger partial charge on any atom is 0.282 e. The van der Waals surface area contributed by atoms with Crippen LogP contribution in [0.4, 0.5) is 5.69 Å². The lowest BCUT2D eigenvalue weighted by atomic mass is 9.99. The van der Waals surface area contributed by atoms with Gasteiger partial charge in [-0.25, -0.2) is 4.90 Å². The van der Waals surface area contributed by atoms with E-state index in [1.165, 1.54) is 27.4 Å². The molecule has 2 aliphatic rings. The molecule has 5 heteroatoms. The average Bonchev–Trinajstić information content (AvgIpc) is 3.44. The van der Waals surface area contributed by atoms with E-state index in [0.717, 1.165) is 22.1 Å². The van der Waals surface area contributed by atoms with E-state index in [0.29, 0.717) is 30.0 Å². The van der Waals surface area contributed by atoms with Crippen LogP contribution < -0.4 is 4.90 Å². The molecule has 2 amide bonds. The van der Waals surface area contributed by atoms with Crippen LogP contribution in [0.5, 0.6) is 0 Å². The highest BCUT2D eigenvalue weighted by Gasteiger charge is 2.43. The van der Waals surface area contributed by atoms with Crippen LogP contribution in [0, 0.1) is 0 Å². The van der Waals surface area contributed by atoms with Gasteiger partial charge in [-0.15, -0.1) is 11.3 Å². The second-order valence-electron chi connectivity index (χ2n) is 8.09. The molecule has 0 saturated carbocycles. The minimum absolute atomic E-state index is 0.242. The minimum Gasteiger partial charge on any atom is -0.362 e. The van der Waals surface area contributed by atoms with Crippen LogP contribution in [-0.2, 0) is 22.6 Å². The molecule has 0 saturated heterocycles. The third kappa shape index (κ3) is 2.89. The van der Waals surface area contributed by atoms with Crippen molar-refractivity contribution in [2.24, 2.45) is 0 Å². The number of benzene rings is 3. The number of carbonyl (C=O) groups is 2. The van der Waals surface area contributed by atoms with E-state index in [1.807, 2.05) is 66.0 Å². The fraction of sp³-hybridized carbons (Fsp3) is 0.111. The predicted octanol–water partition coefficient (Wildman–Crippen LogP) is 5.24. The molecule has 0 atom stereocenters. The summed E-state index contributed by atoms with van der Waals surface area (Å²) in [5, 5.41) is 3.85. The zero-order chi connectivity index (χ0) is 21.7. The summed E-state index contributed by atoms with van der Waals surface area (Å²) < 4.78 is 0. The van der Waals surface area contributed by atoms with Crippen LogP contribution in [0.15, 0.2) is 89.9 Å². The van der Waals surface area contributed by atoms with E-state index in [2.05, 4.69) is 23.1 Å². The Bertz CT molecular complexity index is 1400. The van der Waals surface area contributed by atoms with E-state index >= 15 is 0 Å². The Morgan fingerprint density at radius 2 is 1.53 bits per heavy atom. The summed E-state index contributed by atoms with van der Waals surface area (Å²) in [4.78, 5) is 32.0. The first kappa shape index (κ1) is 19.0. The predicted molar refractivity (Wildman–Crippen MR) is 128 cm³/mol. The molecule has 0 unspecified atom stereocenters. The molecule has 0 spiro atoms. The lowest BCUT2D eigenvalue weighted by Gasteiger charge is -2.31. The third-order valence-corrected chi connectivity index (χ3v) is 7.17. The largest absolute Gasteiger partial charge is 0.362 e. The lowest BCUT2D eigenvalue weighted by Crippen LogP contribution is -2.37. The Morgan fingerprint density at radius 3 is 2.38 bits per heavy atom. The topological polar surface area (TPSA) is 40.6 Å². The fourth-order valence-electron chi connectivity index (χ4n) is 4.76. The molecule has 3 aromatic carbocycles. The number of anilines is 1. The van der Waals surface area contributed by atoms with Gasteiger partial charge in [0.15, 0.2) is 0 Å². The third-order valence-electron chi connectivity index (χ3n) is 6.28. The summed E-state index contributed by atoms with van der Waals surface area (Å²) in [5.74, 6) is -0.489. The van der Waals surface area contributed by atoms with Crippen molar-refractivity contribution in [1.29, 1.82) is 0 Å². The smallest absolute Gasteiger partial charge is 0.282 e. The van der Waals surface area contributed by atoms with Crippen molar-refractivity contribution in [3.63, 3.8) is 0 Å². The summed E-state index contributed by atoms with van der Waals surface area (Å²) in [5.41, 5.74) is 4.18. The molecule has 3 heterocycles. The standard InChI is InChI=1S/C27H20N2O2S/c30-26-24(23-13-6-16-32-23)25(28-15-14-18-7-1-2-9-20(18)17-28)27(31)29(26)22-12-5-10-19-8-3-4-11-21(19)22/h1-13,16H,14-15,17H2. The number of thiophene rings is 1. The molecule has 0 fully saturated rings.